The number of anilines is 1. The van der Waals surface area contributed by atoms with Crippen molar-refractivity contribution in [2.24, 2.45) is 11.1 Å². The van der Waals surface area contributed by atoms with Crippen LogP contribution in [0.25, 0.3) is 22.2 Å². The Morgan fingerprint density at radius 3 is 2.50 bits per heavy atom. The van der Waals surface area contributed by atoms with Gasteiger partial charge in [-0.05, 0) is 47.2 Å². The first kappa shape index (κ1) is 19.9. The molecule has 3 rings (SSSR count). The summed E-state index contributed by atoms with van der Waals surface area (Å²) in [5, 5.41) is 3.44. The van der Waals surface area contributed by atoms with E-state index in [0.717, 1.165) is 11.1 Å². The lowest BCUT2D eigenvalue weighted by molar-refractivity contribution is -0.118. The first-order chi connectivity index (χ1) is 13.1. The first-order valence-corrected chi connectivity index (χ1v) is 9.07. The van der Waals surface area contributed by atoms with E-state index in [1.165, 1.54) is 6.07 Å². The van der Waals surface area contributed by atoms with Gasteiger partial charge in [-0.3, -0.25) is 4.79 Å². The van der Waals surface area contributed by atoms with Crippen LogP contribution in [0.1, 0.15) is 39.3 Å². The van der Waals surface area contributed by atoms with Crippen LogP contribution >= 0.6 is 0 Å². The van der Waals surface area contributed by atoms with Gasteiger partial charge in [-0.1, -0.05) is 32.9 Å². The lowest BCUT2D eigenvalue weighted by Gasteiger charge is -2.22. The molecule has 1 atom stereocenters. The van der Waals surface area contributed by atoms with Crippen LogP contribution in [-0.2, 0) is 4.79 Å². The van der Waals surface area contributed by atoms with Gasteiger partial charge in [0, 0.05) is 17.3 Å². The van der Waals surface area contributed by atoms with Crippen molar-refractivity contribution in [2.75, 3.05) is 5.32 Å². The predicted molar refractivity (Wildman–Crippen MR) is 107 cm³/mol. The summed E-state index contributed by atoms with van der Waals surface area (Å²) in [5.74, 6) is -0.235. The van der Waals surface area contributed by atoms with Crippen LogP contribution in [0.2, 0.25) is 0 Å². The Labute approximate surface area is 162 Å². The molecular weight excluding hydrogens is 362 g/mol. The number of hydrogen-bond donors (Lipinski definition) is 3. The number of pyridine rings is 1. The maximum absolute atomic E-state index is 13.0. The third-order valence-electron chi connectivity index (χ3n) is 4.42. The zero-order valence-corrected chi connectivity index (χ0v) is 16.1. The van der Waals surface area contributed by atoms with Crippen molar-refractivity contribution in [3.8, 4) is 11.1 Å². The van der Waals surface area contributed by atoms with Crippen molar-refractivity contribution in [3.63, 3.8) is 0 Å². The third kappa shape index (κ3) is 4.54. The summed E-state index contributed by atoms with van der Waals surface area (Å²) >= 11 is 0. The molecule has 28 heavy (non-hydrogen) atoms. The predicted octanol–water partition coefficient (Wildman–Crippen LogP) is 4.87. The van der Waals surface area contributed by atoms with E-state index in [0.29, 0.717) is 23.1 Å². The minimum absolute atomic E-state index is 0.0407. The van der Waals surface area contributed by atoms with Gasteiger partial charge in [0.2, 0.25) is 5.91 Å². The fourth-order valence-corrected chi connectivity index (χ4v) is 3.14. The summed E-state index contributed by atoms with van der Waals surface area (Å²) in [4.78, 5) is 19.0. The number of alkyl halides is 2. The van der Waals surface area contributed by atoms with E-state index in [4.69, 9.17) is 5.73 Å². The largest absolute Gasteiger partial charge is 0.338 e. The van der Waals surface area contributed by atoms with Gasteiger partial charge < -0.3 is 16.0 Å². The number of H-pyrrole nitrogens is 1. The van der Waals surface area contributed by atoms with Gasteiger partial charge in [0.25, 0.3) is 6.43 Å². The van der Waals surface area contributed by atoms with Crippen molar-refractivity contribution >= 4 is 22.6 Å². The number of nitrogens with zero attached hydrogens (tertiary/aromatic N) is 1. The fraction of sp³-hybridized carbons (Fsp3) is 0.333. The molecule has 2 heterocycles. The molecule has 0 spiro atoms. The summed E-state index contributed by atoms with van der Waals surface area (Å²) in [6.07, 6.45) is -0.437. The normalized spacial score (nSPS) is 13.1. The number of aromatic amines is 1. The molecule has 0 saturated carbocycles. The molecule has 0 fully saturated rings. The standard InChI is InChI=1S/C21H24F2N4O/c1-21(2,3)11-16(24)20(28)26-13-6-4-12(5-7-13)14-8-9-25-19-15(14)10-17(27-19)18(22)23/h4-10,16,18H,11,24H2,1-3H3,(H,25,27)(H,26,28)/t16-/m1/s1. The molecule has 0 aliphatic rings. The van der Waals surface area contributed by atoms with Crippen LogP contribution in [0.15, 0.2) is 42.6 Å². The van der Waals surface area contributed by atoms with Gasteiger partial charge in [-0.2, -0.15) is 0 Å². The smallest absolute Gasteiger partial charge is 0.278 e. The Bertz CT molecular complexity index is 974. The average molecular weight is 386 g/mol. The lowest BCUT2D eigenvalue weighted by atomic mass is 9.88. The highest BCUT2D eigenvalue weighted by atomic mass is 19.3. The van der Waals surface area contributed by atoms with Crippen molar-refractivity contribution in [1.29, 1.82) is 0 Å². The highest BCUT2D eigenvalue weighted by Gasteiger charge is 2.21. The van der Waals surface area contributed by atoms with E-state index in [1.54, 1.807) is 24.4 Å². The van der Waals surface area contributed by atoms with Gasteiger partial charge in [0.15, 0.2) is 0 Å². The summed E-state index contributed by atoms with van der Waals surface area (Å²) in [7, 11) is 0. The quantitative estimate of drug-likeness (QED) is 0.585. The number of carbonyl (C=O) groups excluding carboxylic acids is 1. The van der Waals surface area contributed by atoms with Crippen molar-refractivity contribution in [3.05, 3.63) is 48.3 Å². The van der Waals surface area contributed by atoms with Crippen LogP contribution in [0.3, 0.4) is 0 Å². The Hall–Kier alpha value is -2.80. The highest BCUT2D eigenvalue weighted by Crippen LogP contribution is 2.31. The molecule has 0 aliphatic heterocycles. The molecule has 0 saturated heterocycles. The maximum atomic E-state index is 13.0. The molecule has 0 unspecified atom stereocenters. The number of fused-ring (bicyclic) bond motifs is 1. The van der Waals surface area contributed by atoms with Crippen LogP contribution in [0.5, 0.6) is 0 Å². The second kappa shape index (κ2) is 7.67. The number of amides is 1. The number of hydrogen-bond acceptors (Lipinski definition) is 3. The molecular formula is C21H24F2N4O. The van der Waals surface area contributed by atoms with Crippen LogP contribution in [0, 0.1) is 5.41 Å². The number of nitrogens with two attached hydrogens (primary N) is 1. The summed E-state index contributed by atoms with van der Waals surface area (Å²) in [5.41, 5.74) is 8.45. The molecule has 0 radical (unpaired) electrons. The zero-order chi connectivity index (χ0) is 20.5. The first-order valence-electron chi connectivity index (χ1n) is 9.07. The third-order valence-corrected chi connectivity index (χ3v) is 4.42. The molecule has 5 nitrogen and oxygen atoms in total. The molecule has 7 heteroatoms. The van der Waals surface area contributed by atoms with E-state index in [1.807, 2.05) is 32.9 Å². The van der Waals surface area contributed by atoms with Crippen molar-refractivity contribution in [2.45, 2.75) is 39.7 Å². The summed E-state index contributed by atoms with van der Waals surface area (Å²) < 4.78 is 25.9. The molecule has 1 aromatic carbocycles. The van der Waals surface area contributed by atoms with Gasteiger partial charge in [-0.25, -0.2) is 13.8 Å². The number of aromatic nitrogens is 2. The highest BCUT2D eigenvalue weighted by molar-refractivity contribution is 5.96. The molecule has 4 N–H and O–H groups in total. The van der Waals surface area contributed by atoms with E-state index < -0.39 is 12.5 Å². The molecule has 0 bridgehead atoms. The Kier molecular flexibility index (Phi) is 5.47. The molecule has 0 aliphatic carbocycles. The minimum atomic E-state index is -2.59. The Morgan fingerprint density at radius 1 is 1.21 bits per heavy atom. The molecule has 3 aromatic rings. The van der Waals surface area contributed by atoms with E-state index in [9.17, 15) is 13.6 Å². The van der Waals surface area contributed by atoms with Crippen molar-refractivity contribution < 1.29 is 13.6 Å². The fourth-order valence-electron chi connectivity index (χ4n) is 3.14. The van der Waals surface area contributed by atoms with Crippen molar-refractivity contribution in [1.82, 2.24) is 9.97 Å². The second-order valence-corrected chi connectivity index (χ2v) is 8.08. The van der Waals surface area contributed by atoms with Crippen LogP contribution in [0.4, 0.5) is 14.5 Å². The number of halogens is 2. The lowest BCUT2D eigenvalue weighted by Crippen LogP contribution is -2.38. The average Bonchev–Trinajstić information content (AvgIpc) is 3.05. The molecule has 1 amide bonds. The topological polar surface area (TPSA) is 83.8 Å². The summed E-state index contributed by atoms with van der Waals surface area (Å²) in [6, 6.07) is 9.80. The zero-order valence-electron chi connectivity index (χ0n) is 16.1. The second-order valence-electron chi connectivity index (χ2n) is 8.08. The Morgan fingerprint density at radius 2 is 1.89 bits per heavy atom. The molecule has 148 valence electrons. The maximum Gasteiger partial charge on any atom is 0.278 e. The van der Waals surface area contributed by atoms with Crippen LogP contribution < -0.4 is 11.1 Å². The number of carbonyl (C=O) groups is 1. The van der Waals surface area contributed by atoms with E-state index in [2.05, 4.69) is 15.3 Å². The minimum Gasteiger partial charge on any atom is -0.338 e. The van der Waals surface area contributed by atoms with Crippen LogP contribution in [-0.4, -0.2) is 21.9 Å². The Balaban J connectivity index is 1.80. The monoisotopic (exact) mass is 386 g/mol. The number of rotatable bonds is 5. The van der Waals surface area contributed by atoms with Gasteiger partial charge >= 0.3 is 0 Å². The van der Waals surface area contributed by atoms with Gasteiger partial charge in [0.05, 0.1) is 11.7 Å². The van der Waals surface area contributed by atoms with E-state index in [-0.39, 0.29) is 17.0 Å². The SMILES string of the molecule is CC(C)(C)C[C@@H](N)C(=O)Nc1ccc(-c2ccnc3[nH]c(C(F)F)cc23)cc1. The number of benzene rings is 1. The summed E-state index contributed by atoms with van der Waals surface area (Å²) in [6.45, 7) is 6.10. The van der Waals surface area contributed by atoms with E-state index >= 15 is 0 Å². The number of nitrogens with one attached hydrogen (secondary N) is 2. The molecule has 2 aromatic heterocycles. The van der Waals surface area contributed by atoms with Gasteiger partial charge in [0.1, 0.15) is 5.65 Å². The van der Waals surface area contributed by atoms with Gasteiger partial charge in [-0.15, -0.1) is 0 Å².